The number of rotatable bonds is 6. The molecule has 0 bridgehead atoms. The molecule has 1 unspecified atom stereocenters. The molecule has 4 rings (SSSR count). The van der Waals surface area contributed by atoms with Crippen LogP contribution in [0.4, 0.5) is 0 Å². The Morgan fingerprint density at radius 2 is 1.21 bits per heavy atom. The van der Waals surface area contributed by atoms with Crippen LogP contribution >= 0.6 is 0 Å². The number of aliphatic hydroxyl groups is 1. The maximum Gasteiger partial charge on any atom is 0.130 e. The number of likely N-dealkylation sites (N-methyl/N-ethyl adjacent to an activating group) is 1. The number of fused-ring (bicyclic) bond motifs is 1. The first kappa shape index (κ1) is 19.4. The Bertz CT molecular complexity index is 1030. The molecule has 4 aromatic rings. The minimum atomic E-state index is -1.14. The van der Waals surface area contributed by atoms with Crippen LogP contribution in [0.15, 0.2) is 103 Å². The first-order valence-electron chi connectivity index (χ1n) is 10.1. The van der Waals surface area contributed by atoms with Crippen molar-refractivity contribution in [1.82, 2.24) is 4.90 Å². The molecule has 0 spiro atoms. The summed E-state index contributed by atoms with van der Waals surface area (Å²) >= 11 is 0. The summed E-state index contributed by atoms with van der Waals surface area (Å²) < 4.78 is 0. The van der Waals surface area contributed by atoms with E-state index in [9.17, 15) is 5.11 Å². The number of nitrogens with zero attached hydrogens (tertiary/aromatic N) is 1. The van der Waals surface area contributed by atoms with Gasteiger partial charge in [-0.05, 0) is 48.0 Å². The van der Waals surface area contributed by atoms with Crippen molar-refractivity contribution < 1.29 is 5.11 Å². The zero-order valence-corrected chi connectivity index (χ0v) is 17.0. The first-order chi connectivity index (χ1) is 14.1. The largest absolute Gasteiger partial charge is 0.379 e. The summed E-state index contributed by atoms with van der Waals surface area (Å²) in [7, 11) is 4.10. The molecule has 146 valence electrons. The molecular formula is C27H27NO. The molecule has 0 fully saturated rings. The van der Waals surface area contributed by atoms with Gasteiger partial charge in [0.25, 0.3) is 0 Å². The lowest BCUT2D eigenvalue weighted by atomic mass is 9.77. The van der Waals surface area contributed by atoms with Gasteiger partial charge in [-0.3, -0.25) is 0 Å². The second-order valence-corrected chi connectivity index (χ2v) is 7.82. The standard InChI is InChI=1S/C27H27NO/c1-28(2)26(20-22-14-11-13-21-12-9-10-19-25(21)22)27(29,23-15-5-3-6-16-23)24-17-7-4-8-18-24/h3-19,26,29H,20H2,1-2H3. The van der Waals surface area contributed by atoms with Crippen LogP contribution in [0.5, 0.6) is 0 Å². The van der Waals surface area contributed by atoms with Crippen LogP contribution in [-0.2, 0) is 12.0 Å². The second kappa shape index (κ2) is 8.20. The van der Waals surface area contributed by atoms with E-state index in [1.165, 1.54) is 16.3 Å². The van der Waals surface area contributed by atoms with Gasteiger partial charge in [0.15, 0.2) is 0 Å². The Labute approximate surface area is 173 Å². The highest BCUT2D eigenvalue weighted by atomic mass is 16.3. The Hall–Kier alpha value is -2.94. The molecule has 0 aromatic heterocycles. The van der Waals surface area contributed by atoms with Crippen LogP contribution in [0.1, 0.15) is 16.7 Å². The summed E-state index contributed by atoms with van der Waals surface area (Å²) in [6.45, 7) is 0. The van der Waals surface area contributed by atoms with Gasteiger partial charge in [-0.2, -0.15) is 0 Å². The molecule has 0 aliphatic heterocycles. The lowest BCUT2D eigenvalue weighted by Gasteiger charge is -2.41. The Balaban J connectivity index is 1.86. The summed E-state index contributed by atoms with van der Waals surface area (Å²) in [6, 6.07) is 34.8. The number of hydrogen-bond donors (Lipinski definition) is 1. The molecule has 0 aliphatic carbocycles. The molecule has 0 saturated carbocycles. The van der Waals surface area contributed by atoms with Gasteiger partial charge in [0.05, 0.1) is 6.04 Å². The maximum atomic E-state index is 12.3. The monoisotopic (exact) mass is 381 g/mol. The van der Waals surface area contributed by atoms with Crippen molar-refractivity contribution >= 4 is 10.8 Å². The highest BCUT2D eigenvalue weighted by Gasteiger charge is 2.41. The molecule has 0 aliphatic rings. The van der Waals surface area contributed by atoms with Crippen molar-refractivity contribution in [1.29, 1.82) is 0 Å². The Kier molecular flexibility index (Phi) is 5.48. The summed E-state index contributed by atoms with van der Waals surface area (Å²) in [6.07, 6.45) is 0.731. The lowest BCUT2D eigenvalue weighted by Crippen LogP contribution is -2.50. The Morgan fingerprint density at radius 3 is 1.79 bits per heavy atom. The van der Waals surface area contributed by atoms with E-state index in [1.54, 1.807) is 0 Å². The topological polar surface area (TPSA) is 23.5 Å². The summed E-state index contributed by atoms with van der Waals surface area (Å²) in [5, 5.41) is 14.7. The molecule has 1 atom stereocenters. The van der Waals surface area contributed by atoms with Gasteiger partial charge >= 0.3 is 0 Å². The minimum Gasteiger partial charge on any atom is -0.379 e. The predicted octanol–water partition coefficient (Wildman–Crippen LogP) is 5.25. The van der Waals surface area contributed by atoms with Crippen LogP contribution in [0.25, 0.3) is 10.8 Å². The van der Waals surface area contributed by atoms with Gasteiger partial charge in [0.1, 0.15) is 5.60 Å². The normalized spacial score (nSPS) is 13.0. The average Bonchev–Trinajstić information content (AvgIpc) is 2.78. The number of benzene rings is 4. The van der Waals surface area contributed by atoms with Gasteiger partial charge in [0, 0.05) is 0 Å². The fraction of sp³-hybridized carbons (Fsp3) is 0.185. The minimum absolute atomic E-state index is 0.141. The smallest absolute Gasteiger partial charge is 0.130 e. The third kappa shape index (κ3) is 3.69. The highest BCUT2D eigenvalue weighted by Crippen LogP contribution is 2.37. The van der Waals surface area contributed by atoms with Crippen LogP contribution in [0.2, 0.25) is 0 Å². The molecule has 29 heavy (non-hydrogen) atoms. The molecule has 0 amide bonds. The van der Waals surface area contributed by atoms with Gasteiger partial charge in [-0.15, -0.1) is 0 Å². The molecule has 0 radical (unpaired) electrons. The van der Waals surface area contributed by atoms with E-state index in [2.05, 4.69) is 47.4 Å². The van der Waals surface area contributed by atoms with Crippen molar-refractivity contribution in [3.63, 3.8) is 0 Å². The van der Waals surface area contributed by atoms with E-state index in [0.29, 0.717) is 0 Å². The summed E-state index contributed by atoms with van der Waals surface area (Å²) in [5.74, 6) is 0. The zero-order valence-electron chi connectivity index (χ0n) is 17.0. The quantitative estimate of drug-likeness (QED) is 0.493. The SMILES string of the molecule is CN(C)C(Cc1cccc2ccccc12)C(O)(c1ccccc1)c1ccccc1. The fourth-order valence-electron chi connectivity index (χ4n) is 4.32. The van der Waals surface area contributed by atoms with Crippen LogP contribution in [-0.4, -0.2) is 30.1 Å². The molecule has 4 aromatic carbocycles. The molecule has 0 heterocycles. The fourth-order valence-corrected chi connectivity index (χ4v) is 4.32. The predicted molar refractivity (Wildman–Crippen MR) is 121 cm³/mol. The van der Waals surface area contributed by atoms with Crippen molar-refractivity contribution in [2.75, 3.05) is 14.1 Å². The van der Waals surface area contributed by atoms with Crippen molar-refractivity contribution in [3.8, 4) is 0 Å². The molecule has 0 saturated heterocycles. The van der Waals surface area contributed by atoms with Crippen LogP contribution < -0.4 is 0 Å². The van der Waals surface area contributed by atoms with Crippen LogP contribution in [0, 0.1) is 0 Å². The third-order valence-electron chi connectivity index (χ3n) is 5.83. The lowest BCUT2D eigenvalue weighted by molar-refractivity contribution is -0.00303. The van der Waals surface area contributed by atoms with Crippen molar-refractivity contribution in [3.05, 3.63) is 120 Å². The molecule has 2 heteroatoms. The average molecular weight is 382 g/mol. The highest BCUT2D eigenvalue weighted by molar-refractivity contribution is 5.85. The third-order valence-corrected chi connectivity index (χ3v) is 5.83. The van der Waals surface area contributed by atoms with Crippen molar-refractivity contribution in [2.45, 2.75) is 18.1 Å². The molecule has 1 N–H and O–H groups in total. The maximum absolute atomic E-state index is 12.3. The molecule has 2 nitrogen and oxygen atoms in total. The van der Waals surface area contributed by atoms with E-state index >= 15 is 0 Å². The van der Waals surface area contributed by atoms with E-state index in [1.807, 2.05) is 74.8 Å². The van der Waals surface area contributed by atoms with Gasteiger partial charge in [0.2, 0.25) is 0 Å². The van der Waals surface area contributed by atoms with E-state index in [0.717, 1.165) is 17.5 Å². The molecular weight excluding hydrogens is 354 g/mol. The summed E-state index contributed by atoms with van der Waals surface area (Å²) in [5.41, 5.74) is 1.92. The Morgan fingerprint density at radius 1 is 0.690 bits per heavy atom. The first-order valence-corrected chi connectivity index (χ1v) is 10.1. The zero-order chi connectivity index (χ0) is 20.3. The summed E-state index contributed by atoms with van der Waals surface area (Å²) in [4.78, 5) is 2.14. The van der Waals surface area contributed by atoms with Crippen molar-refractivity contribution in [2.24, 2.45) is 0 Å². The van der Waals surface area contributed by atoms with Crippen LogP contribution in [0.3, 0.4) is 0 Å². The van der Waals surface area contributed by atoms with Gasteiger partial charge < -0.3 is 10.0 Å². The van der Waals surface area contributed by atoms with Gasteiger partial charge in [-0.1, -0.05) is 103 Å². The number of hydrogen-bond acceptors (Lipinski definition) is 2. The second-order valence-electron chi connectivity index (χ2n) is 7.82. The van der Waals surface area contributed by atoms with E-state index in [-0.39, 0.29) is 6.04 Å². The van der Waals surface area contributed by atoms with Gasteiger partial charge in [-0.25, -0.2) is 0 Å². The van der Waals surface area contributed by atoms with E-state index < -0.39 is 5.60 Å². The van der Waals surface area contributed by atoms with E-state index in [4.69, 9.17) is 0 Å².